The Balaban J connectivity index is 1.74. The van der Waals surface area contributed by atoms with Crippen LogP contribution in [0, 0.1) is 17.6 Å². The molecule has 0 aromatic heterocycles. The number of hydrogen-bond donors (Lipinski definition) is 1. The largest absolute Gasteiger partial charge is 0.311 e. The average molecular weight is 266 g/mol. The van der Waals surface area contributed by atoms with Crippen LogP contribution in [0.1, 0.15) is 25.3 Å². The molecule has 0 amide bonds. The first kappa shape index (κ1) is 13.0. The van der Waals surface area contributed by atoms with Crippen molar-refractivity contribution < 1.29 is 8.78 Å². The van der Waals surface area contributed by atoms with Gasteiger partial charge in [-0.3, -0.25) is 4.90 Å². The standard InChI is InChI=1S/C15H20F2N2/c1-10-8-19(15(7-18-10)12-2-3-12)9-11-4-13(16)6-14(17)5-11/h4-6,10,12,15,18H,2-3,7-9H2,1H3. The van der Waals surface area contributed by atoms with E-state index in [0.717, 1.165) is 30.6 Å². The summed E-state index contributed by atoms with van der Waals surface area (Å²) in [5, 5.41) is 3.50. The Morgan fingerprint density at radius 1 is 1.21 bits per heavy atom. The molecule has 2 fully saturated rings. The van der Waals surface area contributed by atoms with Crippen molar-refractivity contribution in [3.63, 3.8) is 0 Å². The van der Waals surface area contributed by atoms with E-state index >= 15 is 0 Å². The van der Waals surface area contributed by atoms with Gasteiger partial charge in [0.15, 0.2) is 0 Å². The summed E-state index contributed by atoms with van der Waals surface area (Å²) in [6.45, 7) is 4.73. The summed E-state index contributed by atoms with van der Waals surface area (Å²) in [6, 6.07) is 4.78. The molecule has 0 radical (unpaired) electrons. The minimum atomic E-state index is -0.485. The zero-order chi connectivity index (χ0) is 13.4. The third kappa shape index (κ3) is 3.12. The molecule has 1 aliphatic heterocycles. The number of rotatable bonds is 3. The second-order valence-electron chi connectivity index (χ2n) is 5.92. The Labute approximate surface area is 112 Å². The van der Waals surface area contributed by atoms with Crippen LogP contribution in [-0.2, 0) is 6.54 Å². The molecule has 104 valence electrons. The van der Waals surface area contributed by atoms with Crippen LogP contribution in [0.5, 0.6) is 0 Å². The lowest BCUT2D eigenvalue weighted by Crippen LogP contribution is -2.55. The van der Waals surface area contributed by atoms with E-state index in [-0.39, 0.29) is 0 Å². The molecule has 0 spiro atoms. The normalized spacial score (nSPS) is 28.6. The van der Waals surface area contributed by atoms with E-state index in [4.69, 9.17) is 0 Å². The van der Waals surface area contributed by atoms with Crippen LogP contribution in [0.2, 0.25) is 0 Å². The molecular weight excluding hydrogens is 246 g/mol. The van der Waals surface area contributed by atoms with E-state index in [9.17, 15) is 8.78 Å². The van der Waals surface area contributed by atoms with Crippen LogP contribution in [0.15, 0.2) is 18.2 Å². The molecule has 2 unspecified atom stereocenters. The molecule has 1 heterocycles. The summed E-state index contributed by atoms with van der Waals surface area (Å²) in [4.78, 5) is 2.38. The summed E-state index contributed by atoms with van der Waals surface area (Å²) in [6.07, 6.45) is 2.57. The fourth-order valence-electron chi connectivity index (χ4n) is 3.07. The van der Waals surface area contributed by atoms with Crippen LogP contribution in [0.3, 0.4) is 0 Å². The highest BCUT2D eigenvalue weighted by Gasteiger charge is 2.37. The minimum Gasteiger partial charge on any atom is -0.311 e. The number of nitrogens with zero attached hydrogens (tertiary/aromatic N) is 1. The number of nitrogens with one attached hydrogen (secondary N) is 1. The lowest BCUT2D eigenvalue weighted by atomic mass is 10.0. The predicted octanol–water partition coefficient (Wildman–Crippen LogP) is 2.54. The average Bonchev–Trinajstić information content (AvgIpc) is 3.11. The Kier molecular flexibility index (Phi) is 3.54. The molecule has 19 heavy (non-hydrogen) atoms. The summed E-state index contributed by atoms with van der Waals surface area (Å²) < 4.78 is 26.5. The van der Waals surface area contributed by atoms with Gasteiger partial charge in [-0.15, -0.1) is 0 Å². The third-order valence-electron chi connectivity index (χ3n) is 4.13. The first-order valence-electron chi connectivity index (χ1n) is 7.04. The summed E-state index contributed by atoms with van der Waals surface area (Å²) in [5.41, 5.74) is 0.734. The molecule has 2 atom stereocenters. The molecular formula is C15H20F2N2. The van der Waals surface area contributed by atoms with Crippen molar-refractivity contribution in [3.8, 4) is 0 Å². The van der Waals surface area contributed by atoms with Gasteiger partial charge in [0.25, 0.3) is 0 Å². The first-order valence-corrected chi connectivity index (χ1v) is 7.04. The maximum absolute atomic E-state index is 13.3. The van der Waals surface area contributed by atoms with Gasteiger partial charge in [0, 0.05) is 37.8 Å². The smallest absolute Gasteiger partial charge is 0.126 e. The van der Waals surface area contributed by atoms with Gasteiger partial charge in [0.1, 0.15) is 11.6 Å². The molecule has 2 nitrogen and oxygen atoms in total. The molecule has 1 saturated carbocycles. The number of hydrogen-bond acceptors (Lipinski definition) is 2. The Morgan fingerprint density at radius 3 is 2.53 bits per heavy atom. The highest BCUT2D eigenvalue weighted by atomic mass is 19.1. The van der Waals surface area contributed by atoms with Gasteiger partial charge in [-0.1, -0.05) is 0 Å². The Bertz CT molecular complexity index is 439. The van der Waals surface area contributed by atoms with Gasteiger partial charge in [-0.25, -0.2) is 8.78 Å². The molecule has 1 N–H and O–H groups in total. The fourth-order valence-corrected chi connectivity index (χ4v) is 3.07. The molecule has 1 aromatic carbocycles. The lowest BCUT2D eigenvalue weighted by molar-refractivity contribution is 0.112. The topological polar surface area (TPSA) is 15.3 Å². The van der Waals surface area contributed by atoms with Crippen molar-refractivity contribution in [2.24, 2.45) is 5.92 Å². The quantitative estimate of drug-likeness (QED) is 0.904. The monoisotopic (exact) mass is 266 g/mol. The van der Waals surface area contributed by atoms with E-state index in [1.165, 1.54) is 25.0 Å². The Hall–Kier alpha value is -1.00. The van der Waals surface area contributed by atoms with E-state index in [2.05, 4.69) is 17.1 Å². The number of benzene rings is 1. The van der Waals surface area contributed by atoms with Crippen molar-refractivity contribution in [2.75, 3.05) is 13.1 Å². The summed E-state index contributed by atoms with van der Waals surface area (Å²) in [7, 11) is 0. The lowest BCUT2D eigenvalue weighted by Gasteiger charge is -2.39. The Morgan fingerprint density at radius 2 is 1.89 bits per heavy atom. The van der Waals surface area contributed by atoms with Gasteiger partial charge in [-0.05, 0) is 43.4 Å². The van der Waals surface area contributed by atoms with Gasteiger partial charge in [0.2, 0.25) is 0 Å². The minimum absolute atomic E-state index is 0.438. The van der Waals surface area contributed by atoms with Crippen LogP contribution in [0.4, 0.5) is 8.78 Å². The van der Waals surface area contributed by atoms with Crippen LogP contribution >= 0.6 is 0 Å². The van der Waals surface area contributed by atoms with Gasteiger partial charge < -0.3 is 5.32 Å². The maximum Gasteiger partial charge on any atom is 0.126 e. The molecule has 1 saturated heterocycles. The van der Waals surface area contributed by atoms with Gasteiger partial charge in [0.05, 0.1) is 0 Å². The van der Waals surface area contributed by atoms with Crippen LogP contribution < -0.4 is 5.32 Å². The van der Waals surface area contributed by atoms with Crippen molar-refractivity contribution in [3.05, 3.63) is 35.4 Å². The zero-order valence-corrected chi connectivity index (χ0v) is 11.2. The third-order valence-corrected chi connectivity index (χ3v) is 4.13. The van der Waals surface area contributed by atoms with Gasteiger partial charge >= 0.3 is 0 Å². The molecule has 2 aliphatic rings. The van der Waals surface area contributed by atoms with E-state index < -0.39 is 11.6 Å². The van der Waals surface area contributed by atoms with Crippen molar-refractivity contribution in [2.45, 2.75) is 38.4 Å². The zero-order valence-electron chi connectivity index (χ0n) is 11.2. The predicted molar refractivity (Wildman–Crippen MR) is 70.7 cm³/mol. The number of piperazine rings is 1. The molecule has 3 rings (SSSR count). The van der Waals surface area contributed by atoms with Crippen LogP contribution in [0.25, 0.3) is 0 Å². The summed E-state index contributed by atoms with van der Waals surface area (Å²) in [5.74, 6) is -0.208. The van der Waals surface area contributed by atoms with E-state index in [1.807, 2.05) is 0 Å². The molecule has 0 bridgehead atoms. The van der Waals surface area contributed by atoms with Crippen molar-refractivity contribution >= 4 is 0 Å². The second-order valence-corrected chi connectivity index (χ2v) is 5.92. The van der Waals surface area contributed by atoms with E-state index in [1.54, 1.807) is 0 Å². The fraction of sp³-hybridized carbons (Fsp3) is 0.600. The maximum atomic E-state index is 13.3. The SMILES string of the molecule is CC1CN(Cc2cc(F)cc(F)c2)C(C2CC2)CN1. The van der Waals surface area contributed by atoms with Crippen LogP contribution in [-0.4, -0.2) is 30.1 Å². The molecule has 1 aromatic rings. The van der Waals surface area contributed by atoms with E-state index in [0.29, 0.717) is 18.6 Å². The van der Waals surface area contributed by atoms with Gasteiger partial charge in [-0.2, -0.15) is 0 Å². The highest BCUT2D eigenvalue weighted by Crippen LogP contribution is 2.36. The molecule has 1 aliphatic carbocycles. The van der Waals surface area contributed by atoms with Crippen molar-refractivity contribution in [1.29, 1.82) is 0 Å². The second kappa shape index (κ2) is 5.17. The first-order chi connectivity index (χ1) is 9.11. The van der Waals surface area contributed by atoms with Crippen molar-refractivity contribution in [1.82, 2.24) is 10.2 Å². The molecule has 4 heteroatoms. The number of halogens is 2. The highest BCUT2D eigenvalue weighted by molar-refractivity contribution is 5.18. The summed E-state index contributed by atoms with van der Waals surface area (Å²) >= 11 is 0.